The van der Waals surface area contributed by atoms with Crippen LogP contribution >= 0.6 is 0 Å². The molecule has 0 aliphatic carbocycles. The Labute approximate surface area is 83.3 Å². The molecule has 0 saturated carbocycles. The van der Waals surface area contributed by atoms with Crippen molar-refractivity contribution in [3.05, 3.63) is 30.1 Å². The molecule has 0 spiro atoms. The van der Waals surface area contributed by atoms with Crippen LogP contribution in [0, 0.1) is 6.20 Å². The van der Waals surface area contributed by atoms with Crippen molar-refractivity contribution in [1.82, 2.24) is 4.98 Å². The Morgan fingerprint density at radius 3 is 2.75 bits per heavy atom. The molecule has 4 heteroatoms. The maximum absolute atomic E-state index is 5.25. The van der Waals surface area contributed by atoms with Gasteiger partial charge in [0, 0.05) is 0 Å². The van der Waals surface area contributed by atoms with Gasteiger partial charge in [-0.15, -0.1) is 0 Å². The number of nitrogens with zero attached hydrogens (tertiary/aromatic N) is 1. The third kappa shape index (κ3) is 2.08. The van der Waals surface area contributed by atoms with E-state index in [0.717, 1.165) is 5.56 Å². The van der Waals surface area contributed by atoms with E-state index >= 15 is 0 Å². The summed E-state index contributed by atoms with van der Waals surface area (Å²) in [6.45, 7) is 1.32. The van der Waals surface area contributed by atoms with Crippen molar-refractivity contribution in [2.24, 2.45) is 0 Å². The van der Waals surface area contributed by atoms with Crippen LogP contribution < -0.4 is 18.9 Å². The summed E-state index contributed by atoms with van der Waals surface area (Å²) in [7, 11) is 0. The molecule has 58 valence electrons. The van der Waals surface area contributed by atoms with Gasteiger partial charge < -0.3 is 14.5 Å². The van der Waals surface area contributed by atoms with E-state index in [2.05, 4.69) is 11.2 Å². The molecular formula is C8H8LiNO2. The van der Waals surface area contributed by atoms with Crippen LogP contribution in [0.25, 0.3) is 0 Å². The Bertz CT molecular complexity index is 224. The zero-order valence-corrected chi connectivity index (χ0v) is 6.99. The minimum Gasteiger partial charge on any atom is -0.394 e. The summed E-state index contributed by atoms with van der Waals surface area (Å²) in [5.41, 5.74) is 0.866. The molecule has 0 bridgehead atoms. The average molecular weight is 157 g/mol. The first kappa shape index (κ1) is 9.75. The van der Waals surface area contributed by atoms with Gasteiger partial charge in [0.15, 0.2) is 6.29 Å². The van der Waals surface area contributed by atoms with E-state index in [1.165, 1.54) is 0 Å². The SMILES string of the molecule is [Li+].[c-]1ncccc1C1OCCO1. The van der Waals surface area contributed by atoms with Gasteiger partial charge >= 0.3 is 18.9 Å². The van der Waals surface area contributed by atoms with Crippen LogP contribution in [0.4, 0.5) is 0 Å². The normalized spacial score (nSPS) is 17.3. The quantitative estimate of drug-likeness (QED) is 0.346. The molecule has 0 amide bonds. The van der Waals surface area contributed by atoms with Gasteiger partial charge in [0.2, 0.25) is 0 Å². The summed E-state index contributed by atoms with van der Waals surface area (Å²) in [6, 6.07) is 3.74. The summed E-state index contributed by atoms with van der Waals surface area (Å²) >= 11 is 0. The number of rotatable bonds is 1. The first-order chi connectivity index (χ1) is 5.47. The molecule has 2 heterocycles. The van der Waals surface area contributed by atoms with Gasteiger partial charge in [0.25, 0.3) is 0 Å². The smallest absolute Gasteiger partial charge is 0.394 e. The molecule has 1 aliphatic rings. The second-order valence-electron chi connectivity index (χ2n) is 2.28. The number of pyridine rings is 1. The topological polar surface area (TPSA) is 31.4 Å². The van der Waals surface area contributed by atoms with Crippen molar-refractivity contribution in [1.29, 1.82) is 0 Å². The van der Waals surface area contributed by atoms with E-state index < -0.39 is 0 Å². The molecule has 1 aromatic rings. The van der Waals surface area contributed by atoms with Crippen molar-refractivity contribution in [2.75, 3.05) is 13.2 Å². The van der Waals surface area contributed by atoms with Crippen LogP contribution in [0.5, 0.6) is 0 Å². The van der Waals surface area contributed by atoms with Gasteiger partial charge in [0.05, 0.1) is 13.2 Å². The molecule has 0 radical (unpaired) electrons. The Kier molecular flexibility index (Phi) is 3.77. The fourth-order valence-electron chi connectivity index (χ4n) is 1.01. The predicted octanol–water partition coefficient (Wildman–Crippen LogP) is -2.07. The Hall–Kier alpha value is -0.333. The van der Waals surface area contributed by atoms with E-state index in [1.54, 1.807) is 6.20 Å². The molecule has 12 heavy (non-hydrogen) atoms. The predicted molar refractivity (Wildman–Crippen MR) is 37.7 cm³/mol. The summed E-state index contributed by atoms with van der Waals surface area (Å²) in [6.07, 6.45) is 4.24. The Morgan fingerprint density at radius 1 is 1.42 bits per heavy atom. The third-order valence-electron chi connectivity index (χ3n) is 1.51. The maximum Gasteiger partial charge on any atom is 1.00 e. The number of aromatic nitrogens is 1. The van der Waals surface area contributed by atoms with Crippen molar-refractivity contribution < 1.29 is 28.3 Å². The molecule has 1 saturated heterocycles. The molecule has 0 atom stereocenters. The van der Waals surface area contributed by atoms with Crippen LogP contribution in [0.2, 0.25) is 0 Å². The first-order valence-corrected chi connectivity index (χ1v) is 3.52. The fourth-order valence-corrected chi connectivity index (χ4v) is 1.01. The summed E-state index contributed by atoms with van der Waals surface area (Å²) in [5, 5.41) is 0. The summed E-state index contributed by atoms with van der Waals surface area (Å²) in [4.78, 5) is 3.84. The monoisotopic (exact) mass is 157 g/mol. The molecular weight excluding hydrogens is 149 g/mol. The summed E-state index contributed by atoms with van der Waals surface area (Å²) < 4.78 is 10.5. The molecule has 1 aromatic heterocycles. The number of hydrogen-bond donors (Lipinski definition) is 0. The van der Waals surface area contributed by atoms with E-state index in [1.807, 2.05) is 12.1 Å². The molecule has 3 nitrogen and oxygen atoms in total. The van der Waals surface area contributed by atoms with E-state index in [9.17, 15) is 0 Å². The molecule has 0 unspecified atom stereocenters. The van der Waals surface area contributed by atoms with E-state index in [-0.39, 0.29) is 25.2 Å². The van der Waals surface area contributed by atoms with Crippen molar-refractivity contribution in [3.63, 3.8) is 0 Å². The zero-order valence-electron chi connectivity index (χ0n) is 6.99. The van der Waals surface area contributed by atoms with Crippen LogP contribution in [0.1, 0.15) is 11.9 Å². The van der Waals surface area contributed by atoms with Gasteiger partial charge in [-0.1, -0.05) is 18.0 Å². The van der Waals surface area contributed by atoms with Crippen molar-refractivity contribution >= 4 is 0 Å². The van der Waals surface area contributed by atoms with Gasteiger partial charge in [-0.3, -0.25) is 0 Å². The minimum absolute atomic E-state index is 0. The molecule has 0 aromatic carbocycles. The largest absolute Gasteiger partial charge is 1.00 e. The zero-order chi connectivity index (χ0) is 7.52. The van der Waals surface area contributed by atoms with Crippen molar-refractivity contribution in [2.45, 2.75) is 6.29 Å². The fraction of sp³-hybridized carbons (Fsp3) is 0.375. The third-order valence-corrected chi connectivity index (χ3v) is 1.51. The van der Waals surface area contributed by atoms with Crippen molar-refractivity contribution in [3.8, 4) is 0 Å². The summed E-state index contributed by atoms with van der Waals surface area (Å²) in [5.74, 6) is 0. The Morgan fingerprint density at radius 2 is 2.17 bits per heavy atom. The van der Waals surface area contributed by atoms with Gasteiger partial charge in [0.1, 0.15) is 0 Å². The Balaban J connectivity index is 0.000000720. The van der Waals surface area contributed by atoms with Crippen LogP contribution in [0.3, 0.4) is 0 Å². The van der Waals surface area contributed by atoms with Gasteiger partial charge in [-0.2, -0.15) is 12.1 Å². The standard InChI is InChI=1S/C8H8NO2.Li/c1-2-7(6-9-3-1)8-10-4-5-11-8;/h1-3,8H,4-5H2;/q-1;+1. The first-order valence-electron chi connectivity index (χ1n) is 3.52. The number of hydrogen-bond acceptors (Lipinski definition) is 3. The molecule has 0 N–H and O–H groups in total. The number of ether oxygens (including phenoxy) is 2. The van der Waals surface area contributed by atoms with Crippen LogP contribution in [-0.4, -0.2) is 18.2 Å². The maximum atomic E-state index is 5.25. The van der Waals surface area contributed by atoms with E-state index in [4.69, 9.17) is 9.47 Å². The average Bonchev–Trinajstić information content (AvgIpc) is 2.58. The molecule has 1 aliphatic heterocycles. The second kappa shape index (κ2) is 4.63. The minimum atomic E-state index is -0.247. The molecule has 2 rings (SSSR count). The second-order valence-corrected chi connectivity index (χ2v) is 2.28. The van der Waals surface area contributed by atoms with E-state index in [0.29, 0.717) is 13.2 Å². The van der Waals surface area contributed by atoms with Crippen LogP contribution in [0.15, 0.2) is 18.3 Å². The van der Waals surface area contributed by atoms with Gasteiger partial charge in [-0.25, -0.2) is 0 Å². The van der Waals surface area contributed by atoms with Crippen LogP contribution in [-0.2, 0) is 9.47 Å². The van der Waals surface area contributed by atoms with Gasteiger partial charge in [-0.05, 0) is 0 Å². The molecule has 1 fully saturated rings.